The van der Waals surface area contributed by atoms with Gasteiger partial charge < -0.3 is 18.7 Å². The number of hydrogen-bond acceptors (Lipinski definition) is 4. The second kappa shape index (κ2) is 10.6. The topological polar surface area (TPSA) is 44.8 Å². The smallest absolute Gasteiger partial charge is 0.192 e. The Labute approximate surface area is 205 Å². The van der Waals surface area contributed by atoms with E-state index in [0.29, 0.717) is 18.4 Å². The summed E-state index contributed by atoms with van der Waals surface area (Å²) in [7, 11) is -0.157. The fraction of sp³-hybridized carbons (Fsp3) is 0.808. The van der Waals surface area contributed by atoms with Crippen molar-refractivity contribution in [2.45, 2.75) is 79.1 Å². The molecule has 0 spiro atoms. The van der Waals surface area contributed by atoms with Crippen molar-refractivity contribution in [1.29, 1.82) is 0 Å². The molecule has 4 nitrogen and oxygen atoms in total. The molecule has 0 heterocycles. The first-order valence-corrected chi connectivity index (χ1v) is 15.7. The van der Waals surface area contributed by atoms with Gasteiger partial charge in [-0.2, -0.15) is 0 Å². The summed E-state index contributed by atoms with van der Waals surface area (Å²) < 4.78 is 18.9. The monoisotopic (exact) mass is 528 g/mol. The number of halogens is 1. The average molecular weight is 530 g/mol. The molecule has 2 aliphatic carbocycles. The molecule has 0 aliphatic heterocycles. The Morgan fingerprint density at radius 3 is 2.44 bits per heavy atom. The second-order valence-electron chi connectivity index (χ2n) is 11.8. The molecule has 0 aromatic heterocycles. The van der Waals surface area contributed by atoms with Gasteiger partial charge in [-0.1, -0.05) is 75.2 Å². The van der Waals surface area contributed by atoms with Crippen molar-refractivity contribution in [3.63, 3.8) is 0 Å². The van der Waals surface area contributed by atoms with Gasteiger partial charge in [-0.15, -0.1) is 0 Å². The lowest BCUT2D eigenvalue weighted by molar-refractivity contribution is -0.156. The van der Waals surface area contributed by atoms with Gasteiger partial charge in [0.1, 0.15) is 13.1 Å². The molecule has 0 bridgehead atoms. The van der Waals surface area contributed by atoms with E-state index in [1.807, 2.05) is 0 Å². The van der Waals surface area contributed by atoms with Gasteiger partial charge in [0.25, 0.3) is 0 Å². The van der Waals surface area contributed by atoms with Crippen LogP contribution >= 0.6 is 15.9 Å². The summed E-state index contributed by atoms with van der Waals surface area (Å²) in [6, 6.07) is 0. The lowest BCUT2D eigenvalue weighted by Crippen LogP contribution is -2.55. The summed E-state index contributed by atoms with van der Waals surface area (Å²) >= 11 is 3.91. The van der Waals surface area contributed by atoms with E-state index in [0.717, 1.165) is 10.9 Å². The highest BCUT2D eigenvalue weighted by Gasteiger charge is 2.56. The number of hydrogen-bond donors (Lipinski definition) is 0. The number of carbonyl (C=O) groups excluding carboxylic acids is 1. The quantitative estimate of drug-likeness (QED) is 0.148. The van der Waals surface area contributed by atoms with Crippen LogP contribution < -0.4 is 0 Å². The van der Waals surface area contributed by atoms with Crippen LogP contribution in [0.15, 0.2) is 22.2 Å². The van der Waals surface area contributed by atoms with Gasteiger partial charge in [-0.25, -0.2) is 0 Å². The Hall–Kier alpha value is -0.273. The highest BCUT2D eigenvalue weighted by molar-refractivity contribution is 9.11. The largest absolute Gasteiger partial charge is 0.413 e. The SMILES string of the molecule is COCO[C@@H]1[C@H]2C(Br)=C[C@@H](/C(C)=C/CO[Si](C)(C)C(C)(C)C)[C@@](C)(C=O)[C@@H]2[C@@H](C)C[C@@H]1C. The summed E-state index contributed by atoms with van der Waals surface area (Å²) in [5, 5.41) is 0.179. The number of ether oxygens (including phenoxy) is 2. The molecule has 6 heteroatoms. The molecular formula is C26H45BrO4Si. The van der Waals surface area contributed by atoms with Crippen molar-refractivity contribution >= 4 is 30.5 Å². The van der Waals surface area contributed by atoms with Gasteiger partial charge in [0.15, 0.2) is 8.32 Å². The summed E-state index contributed by atoms with van der Waals surface area (Å²) in [5.41, 5.74) is 0.710. The van der Waals surface area contributed by atoms with E-state index < -0.39 is 13.7 Å². The number of methoxy groups -OCH3 is 1. The maximum absolute atomic E-state index is 12.7. The zero-order valence-corrected chi connectivity index (χ0v) is 24.4. The standard InChI is InChI=1S/C26H45BrO4Si/c1-17(11-12-31-32(9,10)25(4,5)6)20-14-21(27)22-23(26(20,7)15-28)18(2)13-19(3)24(22)30-16-29-8/h11,14-15,18-20,22-24H,12-13,16H2,1-10H3/b17-11+/t18-,19-,20-,22-,23+,24-,26+/m0/s1. The van der Waals surface area contributed by atoms with Crippen molar-refractivity contribution < 1.29 is 18.7 Å². The first-order chi connectivity index (χ1) is 14.7. The number of carbonyl (C=O) groups is 1. The lowest BCUT2D eigenvalue weighted by Gasteiger charge is -2.55. The van der Waals surface area contributed by atoms with Crippen LogP contribution in [-0.4, -0.2) is 41.2 Å². The normalized spacial score (nSPS) is 36.5. The fourth-order valence-electron chi connectivity index (χ4n) is 5.68. The van der Waals surface area contributed by atoms with E-state index in [-0.39, 0.29) is 35.7 Å². The van der Waals surface area contributed by atoms with E-state index in [4.69, 9.17) is 13.9 Å². The van der Waals surface area contributed by atoms with E-state index in [2.05, 4.69) is 89.6 Å². The summed E-state index contributed by atoms with van der Waals surface area (Å²) in [6.07, 6.45) is 6.73. The molecule has 1 fully saturated rings. The second-order valence-corrected chi connectivity index (χ2v) is 17.5. The predicted octanol–water partition coefficient (Wildman–Crippen LogP) is 6.97. The van der Waals surface area contributed by atoms with Crippen molar-refractivity contribution in [1.82, 2.24) is 0 Å². The molecule has 2 rings (SSSR count). The average Bonchev–Trinajstić information content (AvgIpc) is 2.68. The maximum atomic E-state index is 12.7. The van der Waals surface area contributed by atoms with Crippen molar-refractivity contribution in [3.05, 3.63) is 22.2 Å². The predicted molar refractivity (Wildman–Crippen MR) is 138 cm³/mol. The van der Waals surface area contributed by atoms with E-state index in [1.165, 1.54) is 11.9 Å². The maximum Gasteiger partial charge on any atom is 0.192 e. The van der Waals surface area contributed by atoms with Crippen LogP contribution in [0.5, 0.6) is 0 Å². The molecule has 0 aromatic rings. The molecule has 184 valence electrons. The van der Waals surface area contributed by atoms with E-state index in [1.54, 1.807) is 7.11 Å². The molecular weight excluding hydrogens is 484 g/mol. The van der Waals surface area contributed by atoms with Gasteiger partial charge in [0, 0.05) is 24.4 Å². The summed E-state index contributed by atoms with van der Waals surface area (Å²) in [4.78, 5) is 12.7. The molecule has 0 saturated heterocycles. The van der Waals surface area contributed by atoms with Gasteiger partial charge in [0.05, 0.1) is 12.7 Å². The van der Waals surface area contributed by atoms with Gasteiger partial charge in [-0.05, 0) is 53.7 Å². The minimum Gasteiger partial charge on any atom is -0.413 e. The van der Waals surface area contributed by atoms with Crippen molar-refractivity contribution in [2.75, 3.05) is 20.5 Å². The van der Waals surface area contributed by atoms with Crippen LogP contribution in [0.25, 0.3) is 0 Å². The molecule has 0 unspecified atom stereocenters. The third-order valence-electron chi connectivity index (χ3n) is 8.47. The Morgan fingerprint density at radius 2 is 1.91 bits per heavy atom. The van der Waals surface area contributed by atoms with Crippen LogP contribution in [-0.2, 0) is 18.7 Å². The van der Waals surface area contributed by atoms with Crippen LogP contribution in [0.2, 0.25) is 18.1 Å². The van der Waals surface area contributed by atoms with Crippen molar-refractivity contribution in [2.24, 2.45) is 35.0 Å². The molecule has 32 heavy (non-hydrogen) atoms. The van der Waals surface area contributed by atoms with Crippen LogP contribution in [0.3, 0.4) is 0 Å². The van der Waals surface area contributed by atoms with E-state index >= 15 is 0 Å². The van der Waals surface area contributed by atoms with Crippen LogP contribution in [0, 0.1) is 35.0 Å². The minimum atomic E-state index is -1.81. The van der Waals surface area contributed by atoms with E-state index in [9.17, 15) is 4.79 Å². The Balaban J connectivity index is 2.38. The molecule has 0 N–H and O–H groups in total. The molecule has 0 aromatic carbocycles. The number of fused-ring (bicyclic) bond motifs is 1. The first-order valence-electron chi connectivity index (χ1n) is 12.0. The molecule has 7 atom stereocenters. The summed E-state index contributed by atoms with van der Waals surface area (Å²) in [5.74, 6) is 1.23. The van der Waals surface area contributed by atoms with Crippen LogP contribution in [0.4, 0.5) is 0 Å². The Bertz CT molecular complexity index is 726. The molecule has 0 amide bonds. The zero-order chi connectivity index (χ0) is 24.5. The van der Waals surface area contributed by atoms with Crippen molar-refractivity contribution in [3.8, 4) is 0 Å². The molecule has 0 radical (unpaired) electrons. The van der Waals surface area contributed by atoms with Crippen LogP contribution in [0.1, 0.15) is 54.9 Å². The Kier molecular flexibility index (Phi) is 9.22. The zero-order valence-electron chi connectivity index (χ0n) is 21.8. The Morgan fingerprint density at radius 1 is 1.28 bits per heavy atom. The molecule has 1 saturated carbocycles. The third kappa shape index (κ3) is 5.51. The highest BCUT2D eigenvalue weighted by Crippen LogP contribution is 2.58. The molecule has 2 aliphatic rings. The van der Waals surface area contributed by atoms with Gasteiger partial charge in [0.2, 0.25) is 0 Å². The first kappa shape index (κ1) is 28.0. The highest BCUT2D eigenvalue weighted by atomic mass is 79.9. The third-order valence-corrected chi connectivity index (χ3v) is 13.8. The fourth-order valence-corrected chi connectivity index (χ4v) is 7.42. The summed E-state index contributed by atoms with van der Waals surface area (Å²) in [6.45, 7) is 21.0. The minimum absolute atomic E-state index is 0.0354. The van der Waals surface area contributed by atoms with Gasteiger partial charge in [-0.3, -0.25) is 0 Å². The number of aldehydes is 1. The number of allylic oxidation sites excluding steroid dienone is 2. The lowest BCUT2D eigenvalue weighted by atomic mass is 9.51. The number of rotatable bonds is 8. The van der Waals surface area contributed by atoms with Gasteiger partial charge >= 0.3 is 0 Å².